The molecule has 0 radical (unpaired) electrons. The molecule has 1 aromatic heterocycles. The summed E-state index contributed by atoms with van der Waals surface area (Å²) in [6.07, 6.45) is 1.65. The van der Waals surface area contributed by atoms with Gasteiger partial charge < -0.3 is 15.1 Å². The van der Waals surface area contributed by atoms with E-state index in [-0.39, 0.29) is 0 Å². The number of para-hydroxylation sites is 1. The molecule has 0 spiro atoms. The average molecular weight is 340 g/mol. The number of thiocarbonyl (C=S) groups is 1. The second kappa shape index (κ2) is 7.85. The molecular weight excluding hydrogens is 324 g/mol. The standard InChI is InChI=1S/C18H16N2OS2/c22-18(19-13-14-7-6-12-21-14)20-16-10-4-5-11-17(16)23-15-8-2-1-3-9-15/h1-12H,13H2,(H2,19,20,22). The first-order valence-corrected chi connectivity index (χ1v) is 8.43. The maximum absolute atomic E-state index is 5.36. The largest absolute Gasteiger partial charge is 0.467 e. The highest BCUT2D eigenvalue weighted by atomic mass is 32.2. The topological polar surface area (TPSA) is 37.2 Å². The summed E-state index contributed by atoms with van der Waals surface area (Å²) >= 11 is 7.06. The van der Waals surface area contributed by atoms with E-state index in [0.29, 0.717) is 11.7 Å². The van der Waals surface area contributed by atoms with Crippen molar-refractivity contribution < 1.29 is 4.42 Å². The minimum absolute atomic E-state index is 0.562. The normalized spacial score (nSPS) is 10.3. The van der Waals surface area contributed by atoms with Gasteiger partial charge in [-0.15, -0.1) is 0 Å². The third-order valence-corrected chi connectivity index (χ3v) is 4.44. The predicted octanol–water partition coefficient (Wildman–Crippen LogP) is 4.92. The zero-order chi connectivity index (χ0) is 15.9. The zero-order valence-corrected chi connectivity index (χ0v) is 14.0. The van der Waals surface area contributed by atoms with Gasteiger partial charge in [-0.1, -0.05) is 42.1 Å². The van der Waals surface area contributed by atoms with E-state index in [1.807, 2.05) is 48.5 Å². The van der Waals surface area contributed by atoms with Crippen LogP contribution in [-0.4, -0.2) is 5.11 Å². The molecule has 0 aliphatic heterocycles. The minimum Gasteiger partial charge on any atom is -0.467 e. The molecule has 0 aliphatic carbocycles. The van der Waals surface area contributed by atoms with E-state index in [9.17, 15) is 0 Å². The van der Waals surface area contributed by atoms with Gasteiger partial charge in [0.15, 0.2) is 5.11 Å². The molecule has 5 heteroatoms. The second-order valence-corrected chi connectivity index (χ2v) is 6.32. The summed E-state index contributed by atoms with van der Waals surface area (Å²) in [5, 5.41) is 6.96. The van der Waals surface area contributed by atoms with Gasteiger partial charge in [-0.3, -0.25) is 0 Å². The number of anilines is 1. The Bertz CT molecular complexity index is 758. The lowest BCUT2D eigenvalue weighted by molar-refractivity contribution is 0.503. The molecule has 3 nitrogen and oxygen atoms in total. The van der Waals surface area contributed by atoms with Crippen LogP contribution in [0.15, 0.2) is 87.2 Å². The van der Waals surface area contributed by atoms with Gasteiger partial charge in [0.2, 0.25) is 0 Å². The molecule has 0 fully saturated rings. The van der Waals surface area contributed by atoms with Crippen molar-refractivity contribution in [3.8, 4) is 0 Å². The van der Waals surface area contributed by atoms with E-state index < -0.39 is 0 Å². The summed E-state index contributed by atoms with van der Waals surface area (Å²) in [6.45, 7) is 0.562. The van der Waals surface area contributed by atoms with Crippen molar-refractivity contribution >= 4 is 34.8 Å². The molecule has 3 rings (SSSR count). The predicted molar refractivity (Wildman–Crippen MR) is 98.8 cm³/mol. The van der Waals surface area contributed by atoms with Gasteiger partial charge in [0.1, 0.15) is 5.76 Å². The number of nitrogens with one attached hydrogen (secondary N) is 2. The van der Waals surface area contributed by atoms with Crippen molar-refractivity contribution in [2.24, 2.45) is 0 Å². The van der Waals surface area contributed by atoms with Crippen LogP contribution >= 0.6 is 24.0 Å². The van der Waals surface area contributed by atoms with Crippen molar-refractivity contribution in [1.82, 2.24) is 5.32 Å². The fourth-order valence-electron chi connectivity index (χ4n) is 2.02. The van der Waals surface area contributed by atoms with Crippen LogP contribution in [0, 0.1) is 0 Å². The Labute approximate surface area is 145 Å². The Hall–Kier alpha value is -2.24. The van der Waals surface area contributed by atoms with Gasteiger partial charge in [0.05, 0.1) is 18.5 Å². The van der Waals surface area contributed by atoms with Crippen LogP contribution in [0.25, 0.3) is 0 Å². The molecule has 0 unspecified atom stereocenters. The van der Waals surface area contributed by atoms with Crippen molar-refractivity contribution in [2.45, 2.75) is 16.3 Å². The van der Waals surface area contributed by atoms with Crippen molar-refractivity contribution in [3.63, 3.8) is 0 Å². The number of rotatable bonds is 5. The van der Waals surface area contributed by atoms with Crippen LogP contribution in [0.1, 0.15) is 5.76 Å². The zero-order valence-electron chi connectivity index (χ0n) is 12.4. The number of hydrogen-bond acceptors (Lipinski definition) is 3. The van der Waals surface area contributed by atoms with Crippen LogP contribution in [0.2, 0.25) is 0 Å². The summed E-state index contributed by atoms with van der Waals surface area (Å²) in [5.41, 5.74) is 0.985. The average Bonchev–Trinajstić information content (AvgIpc) is 3.09. The van der Waals surface area contributed by atoms with Crippen LogP contribution in [0.5, 0.6) is 0 Å². The lowest BCUT2D eigenvalue weighted by Gasteiger charge is -2.13. The first kappa shape index (κ1) is 15.6. The highest BCUT2D eigenvalue weighted by molar-refractivity contribution is 7.99. The Morgan fingerprint density at radius 2 is 1.74 bits per heavy atom. The highest BCUT2D eigenvalue weighted by Gasteiger charge is 2.06. The molecule has 0 saturated heterocycles. The van der Waals surface area contributed by atoms with Crippen LogP contribution in [0.4, 0.5) is 5.69 Å². The van der Waals surface area contributed by atoms with Crippen molar-refractivity contribution in [2.75, 3.05) is 5.32 Å². The molecule has 1 heterocycles. The molecule has 3 aromatic rings. The van der Waals surface area contributed by atoms with E-state index in [1.165, 1.54) is 4.90 Å². The van der Waals surface area contributed by atoms with Gasteiger partial charge >= 0.3 is 0 Å². The van der Waals surface area contributed by atoms with Crippen LogP contribution < -0.4 is 10.6 Å². The molecule has 0 saturated carbocycles. The molecule has 0 aliphatic rings. The summed E-state index contributed by atoms with van der Waals surface area (Å²) in [5.74, 6) is 0.848. The van der Waals surface area contributed by atoms with Crippen molar-refractivity contribution in [1.29, 1.82) is 0 Å². The Kier molecular flexibility index (Phi) is 5.34. The molecule has 2 aromatic carbocycles. The van der Waals surface area contributed by atoms with Crippen molar-refractivity contribution in [3.05, 3.63) is 78.8 Å². The Morgan fingerprint density at radius 3 is 2.52 bits per heavy atom. The second-order valence-electron chi connectivity index (χ2n) is 4.80. The molecule has 0 atom stereocenters. The third-order valence-electron chi connectivity index (χ3n) is 3.11. The summed E-state index contributed by atoms with van der Waals surface area (Å²) in [6, 6.07) is 22.2. The third kappa shape index (κ3) is 4.61. The molecule has 0 amide bonds. The smallest absolute Gasteiger partial charge is 0.171 e. The Morgan fingerprint density at radius 1 is 0.957 bits per heavy atom. The maximum atomic E-state index is 5.36. The first-order valence-electron chi connectivity index (χ1n) is 7.20. The fraction of sp³-hybridized carbons (Fsp3) is 0.0556. The van der Waals surface area contributed by atoms with Gasteiger partial charge in [-0.05, 0) is 48.6 Å². The lowest BCUT2D eigenvalue weighted by Crippen LogP contribution is -2.27. The molecule has 0 bridgehead atoms. The lowest BCUT2D eigenvalue weighted by atomic mass is 10.3. The van der Waals surface area contributed by atoms with Gasteiger partial charge in [0, 0.05) is 9.79 Å². The van der Waals surface area contributed by atoms with Gasteiger partial charge in [-0.25, -0.2) is 0 Å². The van der Waals surface area contributed by atoms with E-state index in [2.05, 4.69) is 28.8 Å². The number of hydrogen-bond donors (Lipinski definition) is 2. The van der Waals surface area contributed by atoms with E-state index in [0.717, 1.165) is 16.3 Å². The van der Waals surface area contributed by atoms with E-state index in [4.69, 9.17) is 16.6 Å². The minimum atomic E-state index is 0.562. The first-order chi connectivity index (χ1) is 11.3. The quantitative estimate of drug-likeness (QED) is 0.645. The maximum Gasteiger partial charge on any atom is 0.171 e. The molecule has 116 valence electrons. The number of furan rings is 1. The van der Waals surface area contributed by atoms with Crippen LogP contribution in [0.3, 0.4) is 0 Å². The Balaban J connectivity index is 1.64. The summed E-state index contributed by atoms with van der Waals surface area (Å²) in [4.78, 5) is 2.32. The summed E-state index contributed by atoms with van der Waals surface area (Å²) < 4.78 is 5.28. The monoisotopic (exact) mass is 340 g/mol. The molecule has 2 N–H and O–H groups in total. The molecule has 23 heavy (non-hydrogen) atoms. The summed E-state index contributed by atoms with van der Waals surface area (Å²) in [7, 11) is 0. The highest BCUT2D eigenvalue weighted by Crippen LogP contribution is 2.33. The molecular formula is C18H16N2OS2. The van der Waals surface area contributed by atoms with E-state index >= 15 is 0 Å². The SMILES string of the molecule is S=C(NCc1ccco1)Nc1ccccc1Sc1ccccc1. The fourth-order valence-corrected chi connectivity index (χ4v) is 3.13. The van der Waals surface area contributed by atoms with E-state index in [1.54, 1.807) is 18.0 Å². The van der Waals surface area contributed by atoms with Gasteiger partial charge in [-0.2, -0.15) is 0 Å². The van der Waals surface area contributed by atoms with Crippen LogP contribution in [-0.2, 0) is 6.54 Å². The van der Waals surface area contributed by atoms with Gasteiger partial charge in [0.25, 0.3) is 0 Å². The number of benzene rings is 2.